The Morgan fingerprint density at radius 1 is 0.962 bits per heavy atom. The van der Waals surface area contributed by atoms with E-state index in [-0.39, 0.29) is 11.9 Å². The molecule has 0 radical (unpaired) electrons. The van der Waals surface area contributed by atoms with Gasteiger partial charge in [0, 0.05) is 19.1 Å². The van der Waals surface area contributed by atoms with Gasteiger partial charge in [-0.2, -0.15) is 15.0 Å². The summed E-state index contributed by atoms with van der Waals surface area (Å²) in [5, 5.41) is 8.12. The Bertz CT molecular complexity index is 824. The molecule has 8 nitrogen and oxygen atoms in total. The molecule has 1 unspecified atom stereocenters. The molecule has 1 saturated heterocycles. The number of pyridine rings is 1. The zero-order valence-electron chi connectivity index (χ0n) is 14.4. The molecule has 2 saturated carbocycles. The SMILES string of the molecule is O=C1C(=O)N(C2C[C@@H]3C[C@@H]3C2)CCN1Cc1ccc(-n2nccn2)cn1. The fourth-order valence-corrected chi connectivity index (χ4v) is 4.30. The van der Waals surface area contributed by atoms with Gasteiger partial charge in [0.05, 0.1) is 30.8 Å². The van der Waals surface area contributed by atoms with Crippen LogP contribution in [-0.2, 0) is 16.1 Å². The molecule has 8 heteroatoms. The maximum atomic E-state index is 12.5. The number of nitrogens with zero attached hydrogens (tertiary/aromatic N) is 6. The lowest BCUT2D eigenvalue weighted by atomic mass is 10.1. The van der Waals surface area contributed by atoms with Crippen LogP contribution in [0.1, 0.15) is 25.0 Å². The van der Waals surface area contributed by atoms with Gasteiger partial charge in [-0.05, 0) is 43.2 Å². The average molecular weight is 352 g/mol. The van der Waals surface area contributed by atoms with Crippen molar-refractivity contribution in [2.24, 2.45) is 11.8 Å². The molecular formula is C18H20N6O2. The second-order valence-electron chi connectivity index (χ2n) is 7.43. The van der Waals surface area contributed by atoms with E-state index in [9.17, 15) is 9.59 Å². The van der Waals surface area contributed by atoms with E-state index in [2.05, 4.69) is 15.2 Å². The Morgan fingerprint density at radius 2 is 1.73 bits per heavy atom. The summed E-state index contributed by atoms with van der Waals surface area (Å²) in [5.74, 6) is 0.845. The Labute approximate surface area is 150 Å². The lowest BCUT2D eigenvalue weighted by molar-refractivity contribution is -0.158. The summed E-state index contributed by atoms with van der Waals surface area (Å²) in [6, 6.07) is 3.97. The molecule has 134 valence electrons. The zero-order chi connectivity index (χ0) is 17.7. The first-order valence-corrected chi connectivity index (χ1v) is 9.10. The Morgan fingerprint density at radius 3 is 2.42 bits per heavy atom. The quantitative estimate of drug-likeness (QED) is 0.754. The van der Waals surface area contributed by atoms with E-state index in [0.717, 1.165) is 36.1 Å². The topological polar surface area (TPSA) is 84.2 Å². The van der Waals surface area contributed by atoms with Crippen LogP contribution < -0.4 is 0 Å². The molecule has 2 aromatic heterocycles. The standard InChI is InChI=1S/C18H20N6O2/c25-17-18(26)23(16-8-12-7-13(12)9-16)6-5-22(17)11-14-1-2-15(10-19-14)24-20-3-4-21-24/h1-4,10,12-13,16H,5-9,11H2/t12-,13+,16?. The summed E-state index contributed by atoms with van der Waals surface area (Å²) < 4.78 is 0. The fraction of sp³-hybridized carbons (Fsp3) is 0.500. The highest BCUT2D eigenvalue weighted by Crippen LogP contribution is 2.53. The predicted octanol–water partition coefficient (Wildman–Crippen LogP) is 0.632. The summed E-state index contributed by atoms with van der Waals surface area (Å²) in [4.78, 5) is 34.3. The van der Waals surface area contributed by atoms with Gasteiger partial charge in [-0.25, -0.2) is 0 Å². The second-order valence-corrected chi connectivity index (χ2v) is 7.43. The normalized spacial score (nSPS) is 27.8. The van der Waals surface area contributed by atoms with Crippen molar-refractivity contribution in [1.82, 2.24) is 29.8 Å². The van der Waals surface area contributed by atoms with Crippen LogP contribution in [0.25, 0.3) is 5.69 Å². The number of carbonyl (C=O) groups excluding carboxylic acids is 2. The minimum absolute atomic E-state index is 0.274. The molecule has 2 amide bonds. The van der Waals surface area contributed by atoms with E-state index in [0.29, 0.717) is 19.6 Å². The lowest BCUT2D eigenvalue weighted by Gasteiger charge is -2.37. The Hall–Kier alpha value is -2.77. The minimum atomic E-state index is -0.406. The maximum Gasteiger partial charge on any atom is 0.312 e. The third-order valence-electron chi connectivity index (χ3n) is 5.81. The Kier molecular flexibility index (Phi) is 3.51. The predicted molar refractivity (Wildman–Crippen MR) is 90.9 cm³/mol. The van der Waals surface area contributed by atoms with Crippen molar-refractivity contribution in [1.29, 1.82) is 0 Å². The van der Waals surface area contributed by atoms with E-state index in [1.54, 1.807) is 23.5 Å². The third-order valence-corrected chi connectivity index (χ3v) is 5.81. The lowest BCUT2D eigenvalue weighted by Crippen LogP contribution is -2.56. The summed E-state index contributed by atoms with van der Waals surface area (Å²) in [5.41, 5.74) is 1.50. The number of piperazine rings is 1. The molecule has 3 heterocycles. The monoisotopic (exact) mass is 352 g/mol. The van der Waals surface area contributed by atoms with E-state index in [1.165, 1.54) is 11.2 Å². The number of carbonyl (C=O) groups is 2. The van der Waals surface area contributed by atoms with Crippen LogP contribution in [0.3, 0.4) is 0 Å². The Balaban J connectivity index is 1.24. The first-order chi connectivity index (χ1) is 12.7. The molecule has 0 spiro atoms. The third kappa shape index (κ3) is 2.65. The van der Waals surface area contributed by atoms with Gasteiger partial charge in [-0.3, -0.25) is 14.6 Å². The van der Waals surface area contributed by atoms with Crippen LogP contribution in [0.5, 0.6) is 0 Å². The molecule has 0 aromatic carbocycles. The number of hydrogen-bond donors (Lipinski definition) is 0. The highest BCUT2D eigenvalue weighted by Gasteiger charge is 2.49. The van der Waals surface area contributed by atoms with Gasteiger partial charge in [-0.1, -0.05) is 0 Å². The summed E-state index contributed by atoms with van der Waals surface area (Å²) in [7, 11) is 0. The molecule has 26 heavy (non-hydrogen) atoms. The molecular weight excluding hydrogens is 332 g/mol. The first kappa shape index (κ1) is 15.5. The minimum Gasteiger partial charge on any atom is -0.330 e. The van der Waals surface area contributed by atoms with Gasteiger partial charge in [0.1, 0.15) is 5.69 Å². The van der Waals surface area contributed by atoms with Crippen molar-refractivity contribution in [3.05, 3.63) is 36.4 Å². The zero-order valence-corrected chi connectivity index (χ0v) is 14.4. The van der Waals surface area contributed by atoms with Crippen LogP contribution in [0.4, 0.5) is 0 Å². The van der Waals surface area contributed by atoms with Gasteiger partial charge >= 0.3 is 11.8 Å². The van der Waals surface area contributed by atoms with Crippen molar-refractivity contribution >= 4 is 11.8 Å². The van der Waals surface area contributed by atoms with Crippen molar-refractivity contribution in [2.75, 3.05) is 13.1 Å². The first-order valence-electron chi connectivity index (χ1n) is 9.10. The van der Waals surface area contributed by atoms with Gasteiger partial charge in [0.25, 0.3) is 0 Å². The van der Waals surface area contributed by atoms with Gasteiger partial charge in [0.15, 0.2) is 0 Å². The molecule has 3 atom stereocenters. The molecule has 5 rings (SSSR count). The number of aromatic nitrogens is 4. The average Bonchev–Trinajstić information content (AvgIpc) is 3.05. The van der Waals surface area contributed by atoms with Crippen molar-refractivity contribution < 1.29 is 9.59 Å². The number of hydrogen-bond acceptors (Lipinski definition) is 5. The number of amides is 2. The smallest absolute Gasteiger partial charge is 0.312 e. The summed E-state index contributed by atoms with van der Waals surface area (Å²) >= 11 is 0. The number of fused-ring (bicyclic) bond motifs is 1. The van der Waals surface area contributed by atoms with Gasteiger partial charge < -0.3 is 9.80 Å². The highest BCUT2D eigenvalue weighted by molar-refractivity contribution is 6.35. The summed E-state index contributed by atoms with van der Waals surface area (Å²) in [6.07, 6.45) is 8.34. The van der Waals surface area contributed by atoms with Crippen LogP contribution >= 0.6 is 0 Å². The van der Waals surface area contributed by atoms with E-state index in [4.69, 9.17) is 0 Å². The van der Waals surface area contributed by atoms with Gasteiger partial charge in [-0.15, -0.1) is 0 Å². The fourth-order valence-electron chi connectivity index (χ4n) is 4.30. The second kappa shape index (κ2) is 5.89. The van der Waals surface area contributed by atoms with Crippen LogP contribution in [0, 0.1) is 11.8 Å². The van der Waals surface area contributed by atoms with Crippen LogP contribution in [0.2, 0.25) is 0 Å². The maximum absolute atomic E-state index is 12.5. The van der Waals surface area contributed by atoms with Crippen LogP contribution in [0.15, 0.2) is 30.7 Å². The van der Waals surface area contributed by atoms with Crippen molar-refractivity contribution in [2.45, 2.75) is 31.8 Å². The molecule has 3 aliphatic rings. The molecule has 0 N–H and O–H groups in total. The van der Waals surface area contributed by atoms with E-state index in [1.807, 2.05) is 17.0 Å². The molecule has 1 aliphatic heterocycles. The van der Waals surface area contributed by atoms with Crippen molar-refractivity contribution in [3.8, 4) is 5.69 Å². The molecule has 3 fully saturated rings. The highest BCUT2D eigenvalue weighted by atomic mass is 16.2. The van der Waals surface area contributed by atoms with Crippen molar-refractivity contribution in [3.63, 3.8) is 0 Å². The van der Waals surface area contributed by atoms with Gasteiger partial charge in [0.2, 0.25) is 0 Å². The number of rotatable bonds is 4. The summed E-state index contributed by atoms with van der Waals surface area (Å²) in [6.45, 7) is 1.55. The largest absolute Gasteiger partial charge is 0.330 e. The molecule has 2 aliphatic carbocycles. The molecule has 2 aromatic rings. The van der Waals surface area contributed by atoms with E-state index < -0.39 is 5.91 Å². The van der Waals surface area contributed by atoms with Crippen LogP contribution in [-0.4, -0.2) is 60.7 Å². The molecule has 0 bridgehead atoms. The van der Waals surface area contributed by atoms with E-state index >= 15 is 0 Å².